The molecule has 30 heavy (non-hydrogen) atoms. The second kappa shape index (κ2) is 8.22. The molecule has 13 heteroatoms. The summed E-state index contributed by atoms with van der Waals surface area (Å²) in [5, 5.41) is 11.5. The van der Waals surface area contributed by atoms with E-state index in [-0.39, 0.29) is 46.8 Å². The van der Waals surface area contributed by atoms with Gasteiger partial charge < -0.3 is 4.90 Å². The van der Waals surface area contributed by atoms with Gasteiger partial charge in [0.15, 0.2) is 0 Å². The number of halogens is 5. The first-order valence-corrected chi connectivity index (χ1v) is 10.7. The van der Waals surface area contributed by atoms with Gasteiger partial charge in [-0.15, -0.1) is 0 Å². The van der Waals surface area contributed by atoms with Crippen molar-refractivity contribution in [3.8, 4) is 0 Å². The SMILES string of the molecule is O=[N+]([O-])c1cc(C(F)(F)F)ccc1N1CCN(S(=O)(=O)c2cc(Cl)ccc2Cl)CC1. The van der Waals surface area contributed by atoms with Crippen LogP contribution in [0.15, 0.2) is 41.3 Å². The molecular weight excluding hydrogens is 470 g/mol. The molecule has 0 N–H and O–H groups in total. The first-order chi connectivity index (χ1) is 13.9. The minimum atomic E-state index is -4.72. The summed E-state index contributed by atoms with van der Waals surface area (Å²) in [4.78, 5) is 11.7. The first kappa shape index (κ1) is 22.6. The number of anilines is 1. The van der Waals surface area contributed by atoms with Crippen LogP contribution in [-0.2, 0) is 16.2 Å². The molecule has 0 bridgehead atoms. The molecule has 3 rings (SSSR count). The van der Waals surface area contributed by atoms with Gasteiger partial charge in [0.1, 0.15) is 10.6 Å². The van der Waals surface area contributed by atoms with Crippen molar-refractivity contribution in [1.29, 1.82) is 0 Å². The van der Waals surface area contributed by atoms with Crippen molar-refractivity contribution in [3.05, 3.63) is 62.1 Å². The molecular formula is C17H14Cl2F3N3O4S. The smallest absolute Gasteiger partial charge is 0.363 e. The lowest BCUT2D eigenvalue weighted by Crippen LogP contribution is -2.48. The number of piperazine rings is 1. The van der Waals surface area contributed by atoms with Crippen molar-refractivity contribution < 1.29 is 26.5 Å². The van der Waals surface area contributed by atoms with Crippen molar-refractivity contribution in [1.82, 2.24) is 4.31 Å². The highest BCUT2D eigenvalue weighted by Gasteiger charge is 2.35. The van der Waals surface area contributed by atoms with Gasteiger partial charge in [0.05, 0.1) is 15.5 Å². The van der Waals surface area contributed by atoms with Crippen molar-refractivity contribution in [2.24, 2.45) is 0 Å². The zero-order valence-electron chi connectivity index (χ0n) is 15.1. The first-order valence-electron chi connectivity index (χ1n) is 8.47. The highest BCUT2D eigenvalue weighted by atomic mass is 35.5. The van der Waals surface area contributed by atoms with Crippen LogP contribution in [0.25, 0.3) is 0 Å². The van der Waals surface area contributed by atoms with Crippen molar-refractivity contribution in [2.45, 2.75) is 11.1 Å². The molecule has 0 aliphatic carbocycles. The molecule has 0 amide bonds. The van der Waals surface area contributed by atoms with E-state index in [9.17, 15) is 31.7 Å². The summed E-state index contributed by atoms with van der Waals surface area (Å²) in [5.41, 5.74) is -1.83. The van der Waals surface area contributed by atoms with E-state index >= 15 is 0 Å². The number of hydrogen-bond donors (Lipinski definition) is 0. The van der Waals surface area contributed by atoms with Crippen LogP contribution < -0.4 is 4.90 Å². The Morgan fingerprint density at radius 3 is 2.20 bits per heavy atom. The van der Waals surface area contributed by atoms with Crippen LogP contribution in [0.2, 0.25) is 10.0 Å². The van der Waals surface area contributed by atoms with E-state index in [0.717, 1.165) is 16.4 Å². The lowest BCUT2D eigenvalue weighted by atomic mass is 10.1. The molecule has 1 aliphatic rings. The fraction of sp³-hybridized carbons (Fsp3) is 0.294. The highest BCUT2D eigenvalue weighted by Crippen LogP contribution is 2.37. The van der Waals surface area contributed by atoms with E-state index in [1.54, 1.807) is 0 Å². The molecule has 0 saturated carbocycles. The number of nitro groups is 1. The summed E-state index contributed by atoms with van der Waals surface area (Å²) in [6.07, 6.45) is -4.72. The fourth-order valence-electron chi connectivity index (χ4n) is 3.10. The lowest BCUT2D eigenvalue weighted by molar-refractivity contribution is -0.384. The molecule has 0 aromatic heterocycles. The minimum absolute atomic E-state index is 0.000192. The third-order valence-corrected chi connectivity index (χ3v) is 7.21. The largest absolute Gasteiger partial charge is 0.416 e. The normalized spacial score (nSPS) is 16.0. The zero-order chi connectivity index (χ0) is 22.3. The summed E-state index contributed by atoms with van der Waals surface area (Å²) < 4.78 is 65.5. The van der Waals surface area contributed by atoms with E-state index < -0.39 is 32.4 Å². The van der Waals surface area contributed by atoms with Gasteiger partial charge in [-0.25, -0.2) is 8.42 Å². The Morgan fingerprint density at radius 2 is 1.63 bits per heavy atom. The summed E-state index contributed by atoms with van der Waals surface area (Å²) in [7, 11) is -3.97. The second-order valence-electron chi connectivity index (χ2n) is 6.42. The molecule has 0 spiro atoms. The van der Waals surface area contributed by atoms with Gasteiger partial charge >= 0.3 is 6.18 Å². The maximum absolute atomic E-state index is 12.9. The third-order valence-electron chi connectivity index (χ3n) is 4.59. The number of alkyl halides is 3. The Morgan fingerprint density at radius 1 is 1.00 bits per heavy atom. The summed E-state index contributed by atoms with van der Waals surface area (Å²) in [6, 6.07) is 6.30. The maximum atomic E-state index is 12.9. The lowest BCUT2D eigenvalue weighted by Gasteiger charge is -2.35. The molecule has 1 heterocycles. The number of sulfonamides is 1. The molecule has 2 aromatic rings. The van der Waals surface area contributed by atoms with Crippen molar-refractivity contribution in [3.63, 3.8) is 0 Å². The van der Waals surface area contributed by atoms with E-state index in [2.05, 4.69) is 0 Å². The number of benzene rings is 2. The summed E-state index contributed by atoms with van der Waals surface area (Å²) in [5.74, 6) is 0. The van der Waals surface area contributed by atoms with E-state index in [4.69, 9.17) is 23.2 Å². The third kappa shape index (κ3) is 4.48. The molecule has 2 aromatic carbocycles. The second-order valence-corrected chi connectivity index (χ2v) is 9.17. The van der Waals surface area contributed by atoms with E-state index in [1.165, 1.54) is 23.1 Å². The Hall–Kier alpha value is -2.08. The standard InChI is InChI=1S/C17H14Cl2F3N3O4S/c18-12-2-3-13(19)16(10-12)30(28,29)24-7-5-23(6-8-24)14-4-1-11(17(20,21)22)9-15(14)25(26)27/h1-4,9-10H,5-8H2. The van der Waals surface area contributed by atoms with Crippen LogP contribution in [0.4, 0.5) is 24.5 Å². The number of nitrogens with zero attached hydrogens (tertiary/aromatic N) is 3. The molecule has 1 fully saturated rings. The monoisotopic (exact) mass is 483 g/mol. The van der Waals surface area contributed by atoms with Crippen LogP contribution in [0.1, 0.15) is 5.56 Å². The molecule has 1 saturated heterocycles. The Kier molecular flexibility index (Phi) is 6.19. The average molecular weight is 484 g/mol. The topological polar surface area (TPSA) is 83.8 Å². The Bertz CT molecular complexity index is 1090. The Balaban J connectivity index is 1.83. The van der Waals surface area contributed by atoms with Crippen LogP contribution in [0.3, 0.4) is 0 Å². The number of nitro benzene ring substituents is 1. The summed E-state index contributed by atoms with van der Waals surface area (Å²) >= 11 is 11.9. The fourth-order valence-corrected chi connectivity index (χ4v) is 5.26. The van der Waals surface area contributed by atoms with E-state index in [0.29, 0.717) is 6.07 Å². The van der Waals surface area contributed by atoms with Gasteiger partial charge in [0, 0.05) is 37.3 Å². The van der Waals surface area contributed by atoms with Gasteiger partial charge in [0.2, 0.25) is 10.0 Å². The molecule has 7 nitrogen and oxygen atoms in total. The zero-order valence-corrected chi connectivity index (χ0v) is 17.4. The maximum Gasteiger partial charge on any atom is 0.416 e. The van der Waals surface area contributed by atoms with E-state index in [1.807, 2.05) is 0 Å². The summed E-state index contributed by atoms with van der Waals surface area (Å²) in [6.45, 7) is 0.0138. The van der Waals surface area contributed by atoms with Gasteiger partial charge in [0.25, 0.3) is 5.69 Å². The number of rotatable bonds is 4. The molecule has 0 unspecified atom stereocenters. The molecule has 0 atom stereocenters. The predicted octanol–water partition coefficient (Wildman–Crippen LogP) is 4.43. The van der Waals surface area contributed by atoms with Crippen LogP contribution in [-0.4, -0.2) is 43.8 Å². The van der Waals surface area contributed by atoms with Gasteiger partial charge in [-0.3, -0.25) is 10.1 Å². The Labute approximate surface area is 179 Å². The van der Waals surface area contributed by atoms with Crippen molar-refractivity contribution >= 4 is 44.6 Å². The van der Waals surface area contributed by atoms with Crippen LogP contribution >= 0.6 is 23.2 Å². The van der Waals surface area contributed by atoms with Crippen LogP contribution in [0.5, 0.6) is 0 Å². The average Bonchev–Trinajstić information content (AvgIpc) is 2.68. The van der Waals surface area contributed by atoms with Crippen LogP contribution in [0, 0.1) is 10.1 Å². The van der Waals surface area contributed by atoms with Gasteiger partial charge in [-0.1, -0.05) is 23.2 Å². The number of hydrogen-bond acceptors (Lipinski definition) is 5. The predicted molar refractivity (Wildman–Crippen MR) is 106 cm³/mol. The molecule has 0 radical (unpaired) electrons. The molecule has 162 valence electrons. The molecule has 1 aliphatic heterocycles. The van der Waals surface area contributed by atoms with Gasteiger partial charge in [-0.05, 0) is 30.3 Å². The quantitative estimate of drug-likeness (QED) is 0.474. The highest BCUT2D eigenvalue weighted by molar-refractivity contribution is 7.89. The minimum Gasteiger partial charge on any atom is -0.363 e. The van der Waals surface area contributed by atoms with Gasteiger partial charge in [-0.2, -0.15) is 17.5 Å². The van der Waals surface area contributed by atoms with Crippen molar-refractivity contribution in [2.75, 3.05) is 31.1 Å².